The Morgan fingerprint density at radius 1 is 1.12 bits per heavy atom. The van der Waals surface area contributed by atoms with Crippen LogP contribution < -0.4 is 9.47 Å². The number of methoxy groups -OCH3 is 1. The Hall–Kier alpha value is -1.44. The van der Waals surface area contributed by atoms with Crippen LogP contribution in [0.4, 0.5) is 0 Å². The lowest BCUT2D eigenvalue weighted by Gasteiger charge is -2.23. The quantitative estimate of drug-likeness (QED) is 0.662. The molecule has 1 aromatic carbocycles. The highest BCUT2D eigenvalue weighted by Crippen LogP contribution is 2.23. The number of ether oxygens (including phenoxy) is 2. The van der Waals surface area contributed by atoms with Crippen molar-refractivity contribution >= 4 is 0 Å². The normalized spacial score (nSPS) is 12.2. The van der Waals surface area contributed by atoms with Crippen molar-refractivity contribution in [2.24, 2.45) is 5.92 Å². The van der Waals surface area contributed by atoms with Crippen LogP contribution in [-0.4, -0.2) is 13.2 Å². The van der Waals surface area contributed by atoms with Crippen molar-refractivity contribution in [2.75, 3.05) is 7.11 Å². The first kappa shape index (κ1) is 13.6. The minimum absolute atomic E-state index is 0.0818. The molecule has 0 aliphatic rings. The number of hydrogen-bond acceptors (Lipinski definition) is 2. The van der Waals surface area contributed by atoms with Crippen molar-refractivity contribution in [3.8, 4) is 11.5 Å². The van der Waals surface area contributed by atoms with E-state index in [1.807, 2.05) is 30.3 Å². The molecule has 1 aromatic rings. The molecule has 2 nitrogen and oxygen atoms in total. The van der Waals surface area contributed by atoms with Crippen molar-refractivity contribution in [1.29, 1.82) is 0 Å². The summed E-state index contributed by atoms with van der Waals surface area (Å²) in [7, 11) is 1.66. The average molecular weight is 234 g/mol. The number of benzene rings is 1. The number of hydrogen-bond donors (Lipinski definition) is 0. The van der Waals surface area contributed by atoms with Gasteiger partial charge in [-0.3, -0.25) is 0 Å². The second kappa shape index (κ2) is 7.00. The third kappa shape index (κ3) is 3.81. The molecule has 0 saturated heterocycles. The van der Waals surface area contributed by atoms with Crippen LogP contribution in [0.3, 0.4) is 0 Å². The fourth-order valence-electron chi connectivity index (χ4n) is 1.90. The van der Waals surface area contributed by atoms with Crippen molar-refractivity contribution in [1.82, 2.24) is 0 Å². The third-order valence-corrected chi connectivity index (χ3v) is 3.08. The highest BCUT2D eigenvalue weighted by atomic mass is 16.5. The highest BCUT2D eigenvalue weighted by Gasteiger charge is 2.16. The molecule has 0 aromatic heterocycles. The SMILES string of the molecule is C=C[C@H](Oc1ccc(OC)cc1)C(CC)CC. The molecule has 0 unspecified atom stereocenters. The molecule has 2 heteroatoms. The summed E-state index contributed by atoms with van der Waals surface area (Å²) >= 11 is 0. The molecule has 94 valence electrons. The maximum atomic E-state index is 5.93. The minimum atomic E-state index is 0.0818. The maximum Gasteiger partial charge on any atom is 0.120 e. The summed E-state index contributed by atoms with van der Waals surface area (Å²) < 4.78 is 11.0. The summed E-state index contributed by atoms with van der Waals surface area (Å²) in [6, 6.07) is 7.67. The molecule has 0 aliphatic carbocycles. The Balaban J connectivity index is 2.69. The largest absolute Gasteiger partial charge is 0.497 e. The van der Waals surface area contributed by atoms with Gasteiger partial charge in [0.2, 0.25) is 0 Å². The zero-order valence-electron chi connectivity index (χ0n) is 11.0. The molecule has 0 aliphatic heterocycles. The van der Waals surface area contributed by atoms with Gasteiger partial charge in [-0.05, 0) is 43.0 Å². The first-order valence-electron chi connectivity index (χ1n) is 6.18. The second-order valence-corrected chi connectivity index (χ2v) is 4.07. The van der Waals surface area contributed by atoms with Crippen LogP contribution >= 0.6 is 0 Å². The van der Waals surface area contributed by atoms with E-state index in [1.54, 1.807) is 7.11 Å². The van der Waals surface area contributed by atoms with Gasteiger partial charge in [0.15, 0.2) is 0 Å². The first-order valence-corrected chi connectivity index (χ1v) is 6.18. The first-order chi connectivity index (χ1) is 8.24. The van der Waals surface area contributed by atoms with Gasteiger partial charge in [0, 0.05) is 0 Å². The monoisotopic (exact) mass is 234 g/mol. The van der Waals surface area contributed by atoms with Crippen LogP contribution in [0.1, 0.15) is 26.7 Å². The van der Waals surface area contributed by atoms with Gasteiger partial charge in [0.05, 0.1) is 7.11 Å². The Kier molecular flexibility index (Phi) is 5.61. The van der Waals surface area contributed by atoms with Crippen LogP contribution in [0.5, 0.6) is 11.5 Å². The second-order valence-electron chi connectivity index (χ2n) is 4.07. The Morgan fingerprint density at radius 2 is 1.65 bits per heavy atom. The summed E-state index contributed by atoms with van der Waals surface area (Å²) in [6.45, 7) is 8.22. The smallest absolute Gasteiger partial charge is 0.120 e. The Labute approximate surface area is 104 Å². The molecule has 0 amide bonds. The summed E-state index contributed by atoms with van der Waals surface area (Å²) in [5, 5.41) is 0. The zero-order chi connectivity index (χ0) is 12.7. The lowest BCUT2D eigenvalue weighted by Crippen LogP contribution is -2.23. The van der Waals surface area contributed by atoms with Gasteiger partial charge in [-0.15, -0.1) is 0 Å². The Morgan fingerprint density at radius 3 is 2.06 bits per heavy atom. The van der Waals surface area contributed by atoms with Gasteiger partial charge in [-0.25, -0.2) is 0 Å². The third-order valence-electron chi connectivity index (χ3n) is 3.08. The van der Waals surface area contributed by atoms with Crippen molar-refractivity contribution in [3.63, 3.8) is 0 Å². The fraction of sp³-hybridized carbons (Fsp3) is 0.467. The fourth-order valence-corrected chi connectivity index (χ4v) is 1.90. The molecule has 0 bridgehead atoms. The van der Waals surface area contributed by atoms with Crippen molar-refractivity contribution < 1.29 is 9.47 Å². The van der Waals surface area contributed by atoms with E-state index in [-0.39, 0.29) is 6.10 Å². The molecule has 0 N–H and O–H groups in total. The van der Waals surface area contributed by atoms with Crippen molar-refractivity contribution in [2.45, 2.75) is 32.8 Å². The van der Waals surface area contributed by atoms with E-state index in [9.17, 15) is 0 Å². The lowest BCUT2D eigenvalue weighted by molar-refractivity contribution is 0.171. The van der Waals surface area contributed by atoms with E-state index in [0.29, 0.717) is 5.92 Å². The average Bonchev–Trinajstić information content (AvgIpc) is 2.39. The molecule has 1 atom stereocenters. The molecule has 0 spiro atoms. The predicted octanol–water partition coefficient (Wildman–Crippen LogP) is 4.06. The lowest BCUT2D eigenvalue weighted by atomic mass is 9.96. The summed E-state index contributed by atoms with van der Waals surface area (Å²) in [5.41, 5.74) is 0. The van der Waals surface area contributed by atoms with Crippen LogP contribution in [0, 0.1) is 5.92 Å². The van der Waals surface area contributed by atoms with Crippen LogP contribution in [0.25, 0.3) is 0 Å². The molecule has 0 saturated carbocycles. The van der Waals surface area contributed by atoms with Crippen LogP contribution in [-0.2, 0) is 0 Å². The van der Waals surface area contributed by atoms with Gasteiger partial charge >= 0.3 is 0 Å². The minimum Gasteiger partial charge on any atom is -0.497 e. The zero-order valence-corrected chi connectivity index (χ0v) is 11.0. The predicted molar refractivity (Wildman–Crippen MR) is 71.7 cm³/mol. The topological polar surface area (TPSA) is 18.5 Å². The standard InChI is InChI=1S/C15H22O2/c1-5-12(6-2)15(7-3)17-14-10-8-13(16-4)9-11-14/h7-12,15H,3,5-6H2,1-2,4H3/t15-/m0/s1. The summed E-state index contributed by atoms with van der Waals surface area (Å²) in [5.74, 6) is 2.23. The molecule has 0 fully saturated rings. The molecular weight excluding hydrogens is 212 g/mol. The molecule has 0 heterocycles. The molecule has 0 radical (unpaired) electrons. The van der Waals surface area contributed by atoms with Crippen LogP contribution in [0.15, 0.2) is 36.9 Å². The van der Waals surface area contributed by atoms with Gasteiger partial charge in [0.1, 0.15) is 17.6 Å². The van der Waals surface area contributed by atoms with Crippen molar-refractivity contribution in [3.05, 3.63) is 36.9 Å². The van der Waals surface area contributed by atoms with E-state index in [1.165, 1.54) is 0 Å². The number of rotatable bonds is 7. The van der Waals surface area contributed by atoms with E-state index >= 15 is 0 Å². The van der Waals surface area contributed by atoms with Crippen LogP contribution in [0.2, 0.25) is 0 Å². The molecule has 17 heavy (non-hydrogen) atoms. The Bertz CT molecular complexity index is 325. The van der Waals surface area contributed by atoms with Gasteiger partial charge in [-0.1, -0.05) is 26.5 Å². The van der Waals surface area contributed by atoms with Gasteiger partial charge in [-0.2, -0.15) is 0 Å². The van der Waals surface area contributed by atoms with E-state index < -0.39 is 0 Å². The maximum absolute atomic E-state index is 5.93. The summed E-state index contributed by atoms with van der Waals surface area (Å²) in [6.07, 6.45) is 4.17. The highest BCUT2D eigenvalue weighted by molar-refractivity contribution is 5.31. The van der Waals surface area contributed by atoms with E-state index in [2.05, 4.69) is 20.4 Å². The summed E-state index contributed by atoms with van der Waals surface area (Å²) in [4.78, 5) is 0. The van der Waals surface area contributed by atoms with E-state index in [0.717, 1.165) is 24.3 Å². The van der Waals surface area contributed by atoms with Gasteiger partial charge < -0.3 is 9.47 Å². The molecule has 1 rings (SSSR count). The van der Waals surface area contributed by atoms with Gasteiger partial charge in [0.25, 0.3) is 0 Å². The van der Waals surface area contributed by atoms with E-state index in [4.69, 9.17) is 9.47 Å². The molecular formula is C15H22O2.